The van der Waals surface area contributed by atoms with E-state index in [0.29, 0.717) is 23.5 Å². The van der Waals surface area contributed by atoms with Crippen LogP contribution in [0.5, 0.6) is 0 Å². The summed E-state index contributed by atoms with van der Waals surface area (Å²) < 4.78 is 0. The summed E-state index contributed by atoms with van der Waals surface area (Å²) in [5.74, 6) is 0.708. The molecule has 172 valence electrons. The Kier molecular flexibility index (Phi) is 8.06. The zero-order valence-corrected chi connectivity index (χ0v) is 19.7. The molecule has 2 aromatic rings. The fourth-order valence-corrected chi connectivity index (χ4v) is 5.13. The number of nitrogens with zero attached hydrogens (tertiary/aromatic N) is 2. The van der Waals surface area contributed by atoms with Gasteiger partial charge in [0, 0.05) is 49.8 Å². The van der Waals surface area contributed by atoms with Gasteiger partial charge in [0.25, 0.3) is 0 Å². The molecule has 1 saturated carbocycles. The molecule has 2 amide bonds. The van der Waals surface area contributed by atoms with Gasteiger partial charge in [0.05, 0.1) is 0 Å². The number of nitrogens with one attached hydrogen (secondary N) is 2. The third-order valence-corrected chi connectivity index (χ3v) is 7.17. The van der Waals surface area contributed by atoms with Gasteiger partial charge in [-0.2, -0.15) is 0 Å². The van der Waals surface area contributed by atoms with Crippen LogP contribution in [0.25, 0.3) is 0 Å². The third-order valence-electron chi connectivity index (χ3n) is 6.92. The van der Waals surface area contributed by atoms with Crippen molar-refractivity contribution >= 4 is 17.6 Å². The highest BCUT2D eigenvalue weighted by atomic mass is 35.5. The largest absolute Gasteiger partial charge is 0.335 e. The molecular formula is C26H35ClN4O. The number of halogens is 1. The van der Waals surface area contributed by atoms with Gasteiger partial charge in [0.15, 0.2) is 0 Å². The first kappa shape index (κ1) is 23.1. The molecule has 1 atom stereocenters. The van der Waals surface area contributed by atoms with E-state index in [9.17, 15) is 4.79 Å². The van der Waals surface area contributed by atoms with Gasteiger partial charge in [-0.25, -0.2) is 4.79 Å². The number of urea groups is 1. The Balaban J connectivity index is 1.22. The predicted octanol–water partition coefficient (Wildman–Crippen LogP) is 4.69. The van der Waals surface area contributed by atoms with Crippen molar-refractivity contribution in [1.82, 2.24) is 20.4 Å². The first-order chi connectivity index (χ1) is 15.6. The second kappa shape index (κ2) is 11.2. The Morgan fingerprint density at radius 1 is 1.00 bits per heavy atom. The maximum Gasteiger partial charge on any atom is 0.315 e. The standard InChI is InChI=1S/C26H35ClN4O/c1-30-15-16-31(25(19-30)22-5-3-2-4-6-22)18-21-9-13-24(14-10-21)29-26(32)28-17-20-7-11-23(27)12-8-20/h2-8,11-12,21,24-25H,9-10,13-19H2,1H3,(H2,28,29,32). The van der Waals surface area contributed by atoms with Gasteiger partial charge in [-0.15, -0.1) is 0 Å². The molecular weight excluding hydrogens is 420 g/mol. The summed E-state index contributed by atoms with van der Waals surface area (Å²) in [6, 6.07) is 19.2. The molecule has 4 rings (SSSR count). The number of rotatable bonds is 6. The van der Waals surface area contributed by atoms with Crippen molar-refractivity contribution in [2.24, 2.45) is 5.92 Å². The lowest BCUT2D eigenvalue weighted by Crippen LogP contribution is -2.49. The van der Waals surface area contributed by atoms with Gasteiger partial charge in [0.1, 0.15) is 0 Å². The molecule has 1 heterocycles. The van der Waals surface area contributed by atoms with E-state index in [4.69, 9.17) is 11.6 Å². The van der Waals surface area contributed by atoms with Gasteiger partial charge >= 0.3 is 6.03 Å². The molecule has 0 aromatic heterocycles. The van der Waals surface area contributed by atoms with Gasteiger partial charge in [-0.05, 0) is 61.9 Å². The van der Waals surface area contributed by atoms with Gasteiger partial charge in [0.2, 0.25) is 0 Å². The van der Waals surface area contributed by atoms with Crippen LogP contribution in [0.3, 0.4) is 0 Å². The number of piperazine rings is 1. The fourth-order valence-electron chi connectivity index (χ4n) is 5.01. The second-order valence-electron chi connectivity index (χ2n) is 9.35. The first-order valence-electron chi connectivity index (χ1n) is 11.8. The molecule has 2 fully saturated rings. The first-order valence-corrected chi connectivity index (χ1v) is 12.2. The minimum Gasteiger partial charge on any atom is -0.335 e. The fraction of sp³-hybridized carbons (Fsp3) is 0.500. The number of hydrogen-bond acceptors (Lipinski definition) is 3. The molecule has 6 heteroatoms. The lowest BCUT2D eigenvalue weighted by molar-refractivity contribution is 0.0666. The van der Waals surface area contributed by atoms with Crippen LogP contribution in [-0.4, -0.2) is 55.1 Å². The summed E-state index contributed by atoms with van der Waals surface area (Å²) >= 11 is 5.92. The van der Waals surface area contributed by atoms with Crippen LogP contribution in [-0.2, 0) is 6.54 Å². The number of likely N-dealkylation sites (N-methyl/N-ethyl adjacent to an activating group) is 1. The highest BCUT2D eigenvalue weighted by Crippen LogP contribution is 2.30. The summed E-state index contributed by atoms with van der Waals surface area (Å²) in [5, 5.41) is 6.84. The molecule has 32 heavy (non-hydrogen) atoms. The number of amides is 2. The summed E-state index contributed by atoms with van der Waals surface area (Å²) in [4.78, 5) is 17.4. The Morgan fingerprint density at radius 2 is 1.72 bits per heavy atom. The van der Waals surface area contributed by atoms with Crippen molar-refractivity contribution in [2.45, 2.75) is 44.3 Å². The maximum atomic E-state index is 12.3. The Bertz CT molecular complexity index is 852. The normalized spacial score (nSPS) is 24.8. The third kappa shape index (κ3) is 6.47. The molecule has 0 bridgehead atoms. The lowest BCUT2D eigenvalue weighted by atomic mass is 9.85. The van der Waals surface area contributed by atoms with E-state index >= 15 is 0 Å². The van der Waals surface area contributed by atoms with Crippen molar-refractivity contribution in [3.8, 4) is 0 Å². The van der Waals surface area contributed by atoms with Crippen LogP contribution >= 0.6 is 11.6 Å². The van der Waals surface area contributed by atoms with E-state index in [1.807, 2.05) is 24.3 Å². The predicted molar refractivity (Wildman–Crippen MR) is 131 cm³/mol. The number of carbonyl (C=O) groups excluding carboxylic acids is 1. The van der Waals surface area contributed by atoms with E-state index in [1.54, 1.807) is 0 Å². The van der Waals surface area contributed by atoms with Crippen molar-refractivity contribution in [2.75, 3.05) is 33.2 Å². The summed E-state index contributed by atoms with van der Waals surface area (Å²) in [7, 11) is 2.22. The van der Waals surface area contributed by atoms with Gasteiger partial charge in [-0.1, -0.05) is 54.1 Å². The molecule has 1 saturated heterocycles. The minimum absolute atomic E-state index is 0.0772. The zero-order valence-electron chi connectivity index (χ0n) is 19.0. The topological polar surface area (TPSA) is 47.6 Å². The van der Waals surface area contributed by atoms with Crippen LogP contribution in [0, 0.1) is 5.92 Å². The molecule has 0 radical (unpaired) electrons. The smallest absolute Gasteiger partial charge is 0.315 e. The molecule has 1 aliphatic carbocycles. The average Bonchev–Trinajstić information content (AvgIpc) is 2.82. The number of hydrogen-bond donors (Lipinski definition) is 2. The van der Waals surface area contributed by atoms with Crippen LogP contribution in [0.4, 0.5) is 4.79 Å². The van der Waals surface area contributed by atoms with E-state index in [2.05, 4.69) is 57.8 Å². The van der Waals surface area contributed by atoms with Gasteiger partial charge in [-0.3, -0.25) is 4.90 Å². The monoisotopic (exact) mass is 454 g/mol. The molecule has 5 nitrogen and oxygen atoms in total. The number of benzene rings is 2. The molecule has 0 spiro atoms. The molecule has 2 aliphatic rings. The summed E-state index contributed by atoms with van der Waals surface area (Å²) in [6.07, 6.45) is 4.47. The van der Waals surface area contributed by atoms with E-state index in [-0.39, 0.29) is 12.1 Å². The lowest BCUT2D eigenvalue weighted by Gasteiger charge is -2.43. The van der Waals surface area contributed by atoms with E-state index < -0.39 is 0 Å². The van der Waals surface area contributed by atoms with Crippen molar-refractivity contribution in [3.63, 3.8) is 0 Å². The molecule has 1 aliphatic heterocycles. The second-order valence-corrected chi connectivity index (χ2v) is 9.79. The Morgan fingerprint density at radius 3 is 2.44 bits per heavy atom. The summed E-state index contributed by atoms with van der Waals surface area (Å²) in [6.45, 7) is 5.02. The van der Waals surface area contributed by atoms with E-state index in [0.717, 1.165) is 44.6 Å². The minimum atomic E-state index is -0.0772. The van der Waals surface area contributed by atoms with Crippen molar-refractivity contribution in [1.29, 1.82) is 0 Å². The molecule has 2 N–H and O–H groups in total. The summed E-state index contributed by atoms with van der Waals surface area (Å²) in [5.41, 5.74) is 2.47. The van der Waals surface area contributed by atoms with Crippen LogP contribution < -0.4 is 10.6 Å². The Hall–Kier alpha value is -2.08. The highest BCUT2D eigenvalue weighted by molar-refractivity contribution is 6.30. The maximum absolute atomic E-state index is 12.3. The Labute approximate surface area is 197 Å². The van der Waals surface area contributed by atoms with Crippen molar-refractivity contribution in [3.05, 3.63) is 70.7 Å². The highest BCUT2D eigenvalue weighted by Gasteiger charge is 2.30. The average molecular weight is 455 g/mol. The van der Waals surface area contributed by atoms with Crippen LogP contribution in [0.15, 0.2) is 54.6 Å². The zero-order chi connectivity index (χ0) is 22.3. The van der Waals surface area contributed by atoms with Gasteiger partial charge < -0.3 is 15.5 Å². The van der Waals surface area contributed by atoms with Crippen LogP contribution in [0.1, 0.15) is 42.9 Å². The quantitative estimate of drug-likeness (QED) is 0.665. The van der Waals surface area contributed by atoms with E-state index in [1.165, 1.54) is 18.4 Å². The van der Waals surface area contributed by atoms with Crippen molar-refractivity contribution < 1.29 is 4.79 Å². The molecule has 2 aromatic carbocycles. The number of carbonyl (C=O) groups is 1. The SMILES string of the molecule is CN1CCN(CC2CCC(NC(=O)NCc3ccc(Cl)cc3)CC2)C(c2ccccc2)C1. The van der Waals surface area contributed by atoms with Crippen LogP contribution in [0.2, 0.25) is 5.02 Å². The molecule has 1 unspecified atom stereocenters.